The van der Waals surface area contributed by atoms with Gasteiger partial charge in [0.05, 0.1) is 17.8 Å². The van der Waals surface area contributed by atoms with Gasteiger partial charge in [0.2, 0.25) is 0 Å². The summed E-state index contributed by atoms with van der Waals surface area (Å²) >= 11 is 0. The Morgan fingerprint density at radius 1 is 1.09 bits per heavy atom. The topological polar surface area (TPSA) is 101 Å². The zero-order valence-electron chi connectivity index (χ0n) is 30.2. The molecule has 2 saturated heterocycles. The van der Waals surface area contributed by atoms with Gasteiger partial charge in [-0.3, -0.25) is 14.5 Å². The Morgan fingerprint density at radius 3 is 2.33 bits per heavy atom. The standard InChI is InChI=1S/C35H65N3O7/c1-12-17-38-21-23(2)20-35(7,42-11)31(45-32-29(39)28(36(8)9)19-24(3)44-32)25(4)30(40)34(5,6)33(41)43-22-27(38)14-13-18-37(10)26-15-16-26/h23-29,31-32,39H,12-22H2,1-11H3/t23-,24-,25+,27+,28+,29-,31-,32+,35-/m1/s1. The number of ether oxygens (including phenoxy) is 4. The van der Waals surface area contributed by atoms with E-state index in [4.69, 9.17) is 18.9 Å². The van der Waals surface area contributed by atoms with E-state index in [0.29, 0.717) is 18.9 Å². The van der Waals surface area contributed by atoms with Crippen LogP contribution in [0.2, 0.25) is 0 Å². The van der Waals surface area contributed by atoms with Gasteiger partial charge in [-0.05, 0) is 113 Å². The smallest absolute Gasteiger partial charge is 0.319 e. The van der Waals surface area contributed by atoms with Crippen molar-refractivity contribution >= 4 is 11.8 Å². The predicted octanol–water partition coefficient (Wildman–Crippen LogP) is 3.97. The van der Waals surface area contributed by atoms with Crippen LogP contribution < -0.4 is 0 Å². The number of cyclic esters (lactones) is 1. The SMILES string of the molecule is CCCN1C[C@H](C)C[C@@](C)(OC)[C@H](O[C@@H]2O[C@H](C)C[C@H](N(C)C)[C@H]2O)[C@@H](C)C(=O)C(C)(C)C(=O)OC[C@@H]1CCCN(C)C1CC1. The van der Waals surface area contributed by atoms with Gasteiger partial charge in [0, 0.05) is 37.7 Å². The second kappa shape index (κ2) is 16.3. The zero-order chi connectivity index (χ0) is 33.7. The van der Waals surface area contributed by atoms with Crippen LogP contribution in [-0.2, 0) is 28.5 Å². The van der Waals surface area contributed by atoms with Crippen LogP contribution >= 0.6 is 0 Å². The Labute approximate surface area is 273 Å². The number of esters is 1. The van der Waals surface area contributed by atoms with Crippen LogP contribution in [0.4, 0.5) is 0 Å². The van der Waals surface area contributed by atoms with Gasteiger partial charge in [-0.25, -0.2) is 0 Å². The van der Waals surface area contributed by atoms with Gasteiger partial charge in [-0.1, -0.05) is 20.8 Å². The molecule has 0 amide bonds. The van der Waals surface area contributed by atoms with Gasteiger partial charge in [-0.15, -0.1) is 0 Å². The minimum absolute atomic E-state index is 0.0594. The van der Waals surface area contributed by atoms with E-state index in [1.165, 1.54) is 12.8 Å². The highest BCUT2D eigenvalue weighted by atomic mass is 16.7. The van der Waals surface area contributed by atoms with Crippen molar-refractivity contribution in [2.24, 2.45) is 17.3 Å². The molecule has 45 heavy (non-hydrogen) atoms. The summed E-state index contributed by atoms with van der Waals surface area (Å²) in [7, 11) is 7.73. The van der Waals surface area contributed by atoms with E-state index in [1.54, 1.807) is 27.9 Å². The zero-order valence-corrected chi connectivity index (χ0v) is 30.2. The predicted molar refractivity (Wildman–Crippen MR) is 176 cm³/mol. The molecule has 1 saturated carbocycles. The summed E-state index contributed by atoms with van der Waals surface area (Å²) in [6.07, 6.45) is 3.96. The first-order chi connectivity index (χ1) is 21.0. The lowest BCUT2D eigenvalue weighted by atomic mass is 9.74. The normalized spacial score (nSPS) is 37.6. The summed E-state index contributed by atoms with van der Waals surface area (Å²) in [6, 6.07) is 0.605. The highest BCUT2D eigenvalue weighted by molar-refractivity contribution is 6.04. The molecular weight excluding hydrogens is 574 g/mol. The third-order valence-electron chi connectivity index (χ3n) is 10.6. The Bertz CT molecular complexity index is 960. The Kier molecular flexibility index (Phi) is 13.9. The minimum Gasteiger partial charge on any atom is -0.463 e. The average molecular weight is 640 g/mol. The van der Waals surface area contributed by atoms with Crippen LogP contribution in [0.1, 0.15) is 93.4 Å². The number of carbonyl (C=O) groups is 2. The van der Waals surface area contributed by atoms with Crippen molar-refractivity contribution in [1.29, 1.82) is 0 Å². The number of hydrogen-bond donors (Lipinski definition) is 1. The van der Waals surface area contributed by atoms with Gasteiger partial charge in [0.1, 0.15) is 18.1 Å². The first kappa shape index (κ1) is 38.3. The van der Waals surface area contributed by atoms with E-state index >= 15 is 0 Å². The molecule has 0 bridgehead atoms. The summed E-state index contributed by atoms with van der Waals surface area (Å²) in [5.74, 6) is -1.35. The highest BCUT2D eigenvalue weighted by Crippen LogP contribution is 2.38. The van der Waals surface area contributed by atoms with Crippen molar-refractivity contribution in [1.82, 2.24) is 14.7 Å². The largest absolute Gasteiger partial charge is 0.463 e. The van der Waals surface area contributed by atoms with Crippen LogP contribution in [0.25, 0.3) is 0 Å². The second-order valence-electron chi connectivity index (χ2n) is 15.3. The number of ketones is 1. The van der Waals surface area contributed by atoms with E-state index in [1.807, 2.05) is 32.8 Å². The van der Waals surface area contributed by atoms with Gasteiger partial charge in [-0.2, -0.15) is 0 Å². The molecule has 0 aromatic heterocycles. The molecule has 2 aliphatic heterocycles. The van der Waals surface area contributed by atoms with Crippen molar-refractivity contribution in [2.45, 2.75) is 142 Å². The number of aliphatic hydroxyl groups is 1. The number of nitrogens with zero attached hydrogens (tertiary/aromatic N) is 3. The number of Topliss-reactive ketones (excluding diaryl/α,β-unsaturated/α-hetero) is 1. The van der Waals surface area contributed by atoms with Crippen molar-refractivity contribution in [3.63, 3.8) is 0 Å². The maximum atomic E-state index is 14.2. The molecule has 3 fully saturated rings. The summed E-state index contributed by atoms with van der Waals surface area (Å²) in [5.41, 5.74) is -2.30. The fourth-order valence-electron chi connectivity index (χ4n) is 7.58. The number of rotatable bonds is 11. The minimum atomic E-state index is -1.40. The van der Waals surface area contributed by atoms with E-state index in [2.05, 4.69) is 30.7 Å². The number of likely N-dealkylation sites (N-methyl/N-ethyl adjacent to an activating group) is 1. The van der Waals surface area contributed by atoms with E-state index in [9.17, 15) is 14.7 Å². The number of methoxy groups -OCH3 is 1. The van der Waals surface area contributed by atoms with Crippen molar-refractivity contribution in [3.8, 4) is 0 Å². The third-order valence-corrected chi connectivity index (χ3v) is 10.6. The van der Waals surface area contributed by atoms with E-state index in [0.717, 1.165) is 38.9 Å². The molecule has 1 N–H and O–H groups in total. The Balaban J connectivity index is 1.95. The molecule has 10 nitrogen and oxygen atoms in total. The van der Waals surface area contributed by atoms with Crippen molar-refractivity contribution < 1.29 is 33.6 Å². The fraction of sp³-hybridized carbons (Fsp3) is 0.943. The molecule has 0 radical (unpaired) electrons. The Morgan fingerprint density at radius 2 is 1.76 bits per heavy atom. The molecular formula is C35H65N3O7. The molecule has 1 aliphatic carbocycles. The maximum Gasteiger partial charge on any atom is 0.319 e. The van der Waals surface area contributed by atoms with Crippen LogP contribution in [0.15, 0.2) is 0 Å². The van der Waals surface area contributed by atoms with E-state index in [-0.39, 0.29) is 36.5 Å². The highest BCUT2D eigenvalue weighted by Gasteiger charge is 2.51. The fourth-order valence-corrected chi connectivity index (χ4v) is 7.58. The number of carbonyl (C=O) groups excluding carboxylic acids is 2. The van der Waals surface area contributed by atoms with Crippen molar-refractivity contribution in [3.05, 3.63) is 0 Å². The Hall–Kier alpha value is -1.14. The average Bonchev–Trinajstić information content (AvgIpc) is 3.83. The molecule has 0 aromatic carbocycles. The van der Waals surface area contributed by atoms with Gasteiger partial charge >= 0.3 is 5.97 Å². The van der Waals surface area contributed by atoms with Gasteiger partial charge in [0.15, 0.2) is 12.1 Å². The lowest BCUT2D eigenvalue weighted by Crippen LogP contribution is -2.59. The third kappa shape index (κ3) is 9.71. The number of aliphatic hydroxyl groups excluding tert-OH is 1. The molecule has 262 valence electrons. The first-order valence-electron chi connectivity index (χ1n) is 17.4. The molecule has 2 heterocycles. The van der Waals surface area contributed by atoms with Crippen LogP contribution in [0, 0.1) is 17.3 Å². The van der Waals surface area contributed by atoms with Crippen LogP contribution in [0.3, 0.4) is 0 Å². The summed E-state index contributed by atoms with van der Waals surface area (Å²) in [6.45, 7) is 16.4. The molecule has 0 aromatic rings. The van der Waals surface area contributed by atoms with E-state index < -0.39 is 41.4 Å². The lowest BCUT2D eigenvalue weighted by Gasteiger charge is -2.47. The molecule has 3 aliphatic rings. The molecule has 0 unspecified atom stereocenters. The summed E-state index contributed by atoms with van der Waals surface area (Å²) < 4.78 is 25.1. The molecule has 9 atom stereocenters. The molecule has 0 spiro atoms. The second-order valence-corrected chi connectivity index (χ2v) is 15.3. The van der Waals surface area contributed by atoms with Crippen LogP contribution in [0.5, 0.6) is 0 Å². The van der Waals surface area contributed by atoms with Crippen molar-refractivity contribution in [2.75, 3.05) is 54.5 Å². The van der Waals surface area contributed by atoms with Gasteiger partial charge in [0.25, 0.3) is 0 Å². The lowest BCUT2D eigenvalue weighted by molar-refractivity contribution is -0.295. The number of hydrogen-bond acceptors (Lipinski definition) is 10. The van der Waals surface area contributed by atoms with Gasteiger partial charge < -0.3 is 33.9 Å². The molecule has 10 heteroatoms. The quantitative estimate of drug-likeness (QED) is 0.264. The first-order valence-corrected chi connectivity index (χ1v) is 17.4. The van der Waals surface area contributed by atoms with Crippen LogP contribution in [-0.4, -0.2) is 134 Å². The summed E-state index contributed by atoms with van der Waals surface area (Å²) in [4.78, 5) is 34.8. The monoisotopic (exact) mass is 639 g/mol. The molecule has 3 rings (SSSR count). The maximum absolute atomic E-state index is 14.2. The summed E-state index contributed by atoms with van der Waals surface area (Å²) in [5, 5.41) is 11.3.